The van der Waals surface area contributed by atoms with Crippen molar-refractivity contribution in [1.29, 1.82) is 0 Å². The van der Waals surface area contributed by atoms with Crippen LogP contribution in [-0.2, 0) is 6.54 Å². The molecule has 2 fully saturated rings. The second-order valence-corrected chi connectivity index (χ2v) is 8.07. The minimum absolute atomic E-state index is 0.00237. The van der Waals surface area contributed by atoms with Gasteiger partial charge in [0, 0.05) is 51.4 Å². The number of rotatable bonds is 4. The van der Waals surface area contributed by atoms with Gasteiger partial charge in [0.05, 0.1) is 0 Å². The third-order valence-corrected chi connectivity index (χ3v) is 5.99. The van der Waals surface area contributed by atoms with Crippen molar-refractivity contribution in [2.24, 2.45) is 4.99 Å². The summed E-state index contributed by atoms with van der Waals surface area (Å²) in [5.41, 5.74) is 3.36. The highest BCUT2D eigenvalue weighted by atomic mass is 16.2. The molecule has 2 heterocycles. The molecule has 2 N–H and O–H groups in total. The van der Waals surface area contributed by atoms with Crippen LogP contribution in [0.15, 0.2) is 59.6 Å². The number of likely N-dealkylation sites (tertiary alicyclic amines) is 2. The Labute approximate surface area is 179 Å². The number of nitrogens with one attached hydrogen (secondary N) is 2. The molecule has 0 aromatic heterocycles. The van der Waals surface area contributed by atoms with E-state index in [1.54, 1.807) is 0 Å². The number of hydrogen-bond acceptors (Lipinski definition) is 2. The van der Waals surface area contributed by atoms with Gasteiger partial charge in [-0.15, -0.1) is 0 Å². The maximum absolute atomic E-state index is 12.3. The van der Waals surface area contributed by atoms with Crippen molar-refractivity contribution in [3.8, 4) is 0 Å². The molecule has 2 saturated heterocycles. The summed E-state index contributed by atoms with van der Waals surface area (Å²) in [6.45, 7) is 4.36. The van der Waals surface area contributed by atoms with Crippen LogP contribution in [0.2, 0.25) is 0 Å². The monoisotopic (exact) mass is 405 g/mol. The maximum Gasteiger partial charge on any atom is 0.321 e. The number of amides is 2. The molecule has 2 amide bonds. The molecular formula is C24H31N5O. The molecule has 4 rings (SSSR count). The van der Waals surface area contributed by atoms with Crippen LogP contribution in [0, 0.1) is 0 Å². The van der Waals surface area contributed by atoms with Crippen LogP contribution < -0.4 is 10.6 Å². The number of guanidine groups is 1. The molecule has 2 aromatic carbocycles. The van der Waals surface area contributed by atoms with Crippen LogP contribution in [0.1, 0.15) is 36.3 Å². The van der Waals surface area contributed by atoms with Crippen LogP contribution in [0.4, 0.5) is 10.5 Å². The number of hydrogen-bond donors (Lipinski definition) is 2. The highest BCUT2D eigenvalue weighted by Crippen LogP contribution is 2.27. The summed E-state index contributed by atoms with van der Waals surface area (Å²) in [5, 5.41) is 6.51. The van der Waals surface area contributed by atoms with E-state index in [2.05, 4.69) is 56.9 Å². The Morgan fingerprint density at radius 3 is 2.60 bits per heavy atom. The molecule has 0 bridgehead atoms. The van der Waals surface area contributed by atoms with Gasteiger partial charge in [0.2, 0.25) is 0 Å². The third kappa shape index (κ3) is 4.93. The fourth-order valence-corrected chi connectivity index (χ4v) is 4.35. The average molecular weight is 406 g/mol. The van der Waals surface area contributed by atoms with Gasteiger partial charge in [-0.2, -0.15) is 0 Å². The van der Waals surface area contributed by atoms with Crippen molar-refractivity contribution in [2.75, 3.05) is 38.5 Å². The predicted octanol–water partition coefficient (Wildman–Crippen LogP) is 3.88. The topological polar surface area (TPSA) is 60.0 Å². The van der Waals surface area contributed by atoms with Crippen LogP contribution >= 0.6 is 0 Å². The predicted molar refractivity (Wildman–Crippen MR) is 122 cm³/mol. The summed E-state index contributed by atoms with van der Waals surface area (Å²) < 4.78 is 0. The summed E-state index contributed by atoms with van der Waals surface area (Å²) in [7, 11) is 1.84. The standard InChI is InChI=1S/C24H31N5O/c1-25-23(29-15-12-21(18-29)20-9-3-2-4-10-20)26-17-19-8-7-11-22(16-19)27-24(30)28-13-5-6-14-28/h2-4,7-11,16,21H,5-6,12-15,17-18H2,1H3,(H,25,26)(H,27,30). The lowest BCUT2D eigenvalue weighted by Crippen LogP contribution is -2.39. The Hall–Kier alpha value is -3.02. The quantitative estimate of drug-likeness (QED) is 0.599. The van der Waals surface area contributed by atoms with E-state index in [0.29, 0.717) is 12.5 Å². The van der Waals surface area contributed by atoms with Crippen molar-refractivity contribution in [3.05, 3.63) is 65.7 Å². The second kappa shape index (κ2) is 9.65. The molecule has 2 aliphatic rings. The van der Waals surface area contributed by atoms with Gasteiger partial charge in [-0.05, 0) is 42.5 Å². The number of nitrogens with zero attached hydrogens (tertiary/aromatic N) is 3. The van der Waals surface area contributed by atoms with Gasteiger partial charge in [0.25, 0.3) is 0 Å². The van der Waals surface area contributed by atoms with Gasteiger partial charge in [-0.3, -0.25) is 4.99 Å². The summed E-state index contributed by atoms with van der Waals surface area (Å²) in [5.74, 6) is 1.48. The molecule has 0 radical (unpaired) electrons. The molecule has 6 heteroatoms. The minimum atomic E-state index is -0.00237. The molecule has 2 aromatic rings. The van der Waals surface area contributed by atoms with Gasteiger partial charge >= 0.3 is 6.03 Å². The van der Waals surface area contributed by atoms with E-state index in [0.717, 1.165) is 62.7 Å². The van der Waals surface area contributed by atoms with Gasteiger partial charge in [0.15, 0.2) is 5.96 Å². The summed E-state index contributed by atoms with van der Waals surface area (Å²) in [6.07, 6.45) is 3.33. The lowest BCUT2D eigenvalue weighted by molar-refractivity contribution is 0.222. The molecule has 0 aliphatic carbocycles. The molecule has 6 nitrogen and oxygen atoms in total. The van der Waals surface area contributed by atoms with Crippen molar-refractivity contribution < 1.29 is 4.79 Å². The van der Waals surface area contributed by atoms with E-state index in [9.17, 15) is 4.79 Å². The van der Waals surface area contributed by atoms with E-state index in [1.165, 1.54) is 5.56 Å². The fraction of sp³-hybridized carbons (Fsp3) is 0.417. The lowest BCUT2D eigenvalue weighted by Gasteiger charge is -2.22. The zero-order valence-electron chi connectivity index (χ0n) is 17.7. The first-order chi connectivity index (χ1) is 14.7. The SMILES string of the molecule is CN=C(NCc1cccc(NC(=O)N2CCCC2)c1)N1CCC(c2ccccc2)C1. The Morgan fingerprint density at radius 2 is 1.83 bits per heavy atom. The summed E-state index contributed by atoms with van der Waals surface area (Å²) in [4.78, 5) is 21.0. The Kier molecular flexibility index (Phi) is 6.52. The molecule has 0 saturated carbocycles. The first-order valence-corrected chi connectivity index (χ1v) is 10.9. The van der Waals surface area contributed by atoms with E-state index >= 15 is 0 Å². The number of aliphatic imine (C=N–C) groups is 1. The van der Waals surface area contributed by atoms with E-state index < -0.39 is 0 Å². The van der Waals surface area contributed by atoms with Crippen molar-refractivity contribution in [1.82, 2.24) is 15.1 Å². The highest BCUT2D eigenvalue weighted by Gasteiger charge is 2.25. The van der Waals surface area contributed by atoms with E-state index in [4.69, 9.17) is 0 Å². The zero-order valence-corrected chi connectivity index (χ0v) is 17.7. The van der Waals surface area contributed by atoms with Crippen LogP contribution in [0.25, 0.3) is 0 Å². The number of urea groups is 1. The van der Waals surface area contributed by atoms with Crippen LogP contribution in [-0.4, -0.2) is 55.0 Å². The average Bonchev–Trinajstić information content (AvgIpc) is 3.48. The second-order valence-electron chi connectivity index (χ2n) is 8.07. The largest absolute Gasteiger partial charge is 0.352 e. The molecule has 1 unspecified atom stereocenters. The van der Waals surface area contributed by atoms with Gasteiger partial charge in [-0.1, -0.05) is 42.5 Å². The van der Waals surface area contributed by atoms with E-state index in [1.807, 2.05) is 30.1 Å². The molecule has 158 valence electrons. The summed E-state index contributed by atoms with van der Waals surface area (Å²) in [6, 6.07) is 18.8. The first-order valence-electron chi connectivity index (χ1n) is 10.9. The van der Waals surface area contributed by atoms with E-state index in [-0.39, 0.29) is 6.03 Å². The minimum Gasteiger partial charge on any atom is -0.352 e. The molecular weight excluding hydrogens is 374 g/mol. The molecule has 2 aliphatic heterocycles. The fourth-order valence-electron chi connectivity index (χ4n) is 4.35. The Morgan fingerprint density at radius 1 is 1.03 bits per heavy atom. The van der Waals surface area contributed by atoms with Gasteiger partial charge in [-0.25, -0.2) is 4.79 Å². The van der Waals surface area contributed by atoms with Gasteiger partial charge < -0.3 is 20.4 Å². The van der Waals surface area contributed by atoms with Crippen molar-refractivity contribution >= 4 is 17.7 Å². The Balaban J connectivity index is 1.31. The highest BCUT2D eigenvalue weighted by molar-refractivity contribution is 5.89. The van der Waals surface area contributed by atoms with Crippen LogP contribution in [0.5, 0.6) is 0 Å². The number of benzene rings is 2. The van der Waals surface area contributed by atoms with Crippen molar-refractivity contribution in [2.45, 2.75) is 31.7 Å². The smallest absolute Gasteiger partial charge is 0.321 e. The number of carbonyl (C=O) groups is 1. The van der Waals surface area contributed by atoms with Crippen molar-refractivity contribution in [3.63, 3.8) is 0 Å². The Bertz CT molecular complexity index is 876. The number of carbonyl (C=O) groups excluding carboxylic acids is 1. The molecule has 1 atom stereocenters. The lowest BCUT2D eigenvalue weighted by atomic mass is 9.99. The zero-order chi connectivity index (χ0) is 20.8. The maximum atomic E-state index is 12.3. The summed E-state index contributed by atoms with van der Waals surface area (Å²) >= 11 is 0. The normalized spacial score (nSPS) is 19.2. The molecule has 30 heavy (non-hydrogen) atoms. The third-order valence-electron chi connectivity index (χ3n) is 5.99. The molecule has 0 spiro atoms. The van der Waals surface area contributed by atoms with Gasteiger partial charge in [0.1, 0.15) is 0 Å². The van der Waals surface area contributed by atoms with Crippen LogP contribution in [0.3, 0.4) is 0 Å². The number of anilines is 1. The first kappa shape index (κ1) is 20.3.